The van der Waals surface area contributed by atoms with E-state index in [1.54, 1.807) is 13.8 Å². The van der Waals surface area contributed by atoms with Gasteiger partial charge in [-0.15, -0.1) is 0 Å². The number of Topliss-reactive ketones (excluding diaryl/α,β-unsaturated/α-hetero) is 1. The van der Waals surface area contributed by atoms with Crippen LogP contribution < -0.4 is 0 Å². The van der Waals surface area contributed by atoms with Crippen molar-refractivity contribution in [1.29, 1.82) is 0 Å². The van der Waals surface area contributed by atoms with E-state index in [1.807, 2.05) is 12.4 Å². The smallest absolute Gasteiger partial charge is 0.309 e. The zero-order chi connectivity index (χ0) is 41.2. The molecule has 4 saturated carbocycles. The van der Waals surface area contributed by atoms with E-state index in [1.165, 1.54) is 11.1 Å². The third kappa shape index (κ3) is 7.12. The van der Waals surface area contributed by atoms with Crippen molar-refractivity contribution in [2.75, 3.05) is 33.7 Å². The van der Waals surface area contributed by atoms with Crippen LogP contribution in [0, 0.1) is 56.2 Å². The van der Waals surface area contributed by atoms with E-state index in [9.17, 15) is 24.6 Å². The summed E-state index contributed by atoms with van der Waals surface area (Å²) in [5.74, 6) is 0.0379. The van der Waals surface area contributed by atoms with Gasteiger partial charge < -0.3 is 19.8 Å². The first-order valence-electron chi connectivity index (χ1n) is 21.7. The van der Waals surface area contributed by atoms with Gasteiger partial charge in [-0.2, -0.15) is 0 Å². The van der Waals surface area contributed by atoms with Crippen molar-refractivity contribution in [2.24, 2.45) is 56.2 Å². The molecule has 9 nitrogen and oxygen atoms in total. The molecular formula is C47H73N3O6. The highest BCUT2D eigenvalue weighted by Gasteiger charge is 2.71. The Labute approximate surface area is 337 Å². The molecular weight excluding hydrogens is 703 g/mol. The molecule has 2 N–H and O–H groups in total. The van der Waals surface area contributed by atoms with Crippen LogP contribution in [0.3, 0.4) is 0 Å². The van der Waals surface area contributed by atoms with Crippen molar-refractivity contribution < 1.29 is 29.3 Å². The third-order valence-electron chi connectivity index (χ3n) is 17.0. The van der Waals surface area contributed by atoms with Crippen LogP contribution in [0.2, 0.25) is 0 Å². The van der Waals surface area contributed by atoms with Crippen molar-refractivity contribution in [3.63, 3.8) is 0 Å². The first-order chi connectivity index (χ1) is 26.0. The number of fused-ring (bicyclic) bond motifs is 7. The van der Waals surface area contributed by atoms with Crippen molar-refractivity contribution in [2.45, 2.75) is 145 Å². The Balaban J connectivity index is 1.29. The maximum Gasteiger partial charge on any atom is 0.309 e. The number of rotatable bonds is 13. The second-order valence-corrected chi connectivity index (χ2v) is 21.5. The van der Waals surface area contributed by atoms with Gasteiger partial charge >= 0.3 is 11.9 Å². The molecule has 56 heavy (non-hydrogen) atoms. The number of allylic oxidation sites excluding steroid dienone is 1. The highest BCUT2D eigenvalue weighted by molar-refractivity contribution is 6.00. The summed E-state index contributed by atoms with van der Waals surface area (Å²) in [7, 11) is 4.18. The van der Waals surface area contributed by atoms with Crippen molar-refractivity contribution >= 4 is 17.7 Å². The molecule has 6 rings (SSSR count). The first-order valence-corrected chi connectivity index (χ1v) is 21.7. The lowest BCUT2D eigenvalue weighted by Crippen LogP contribution is -2.66. The van der Waals surface area contributed by atoms with Crippen LogP contribution in [0.25, 0.3) is 0 Å². The number of aliphatic hydroxyl groups excluding tert-OH is 1. The maximum absolute atomic E-state index is 14.3. The molecule has 5 aliphatic rings. The Morgan fingerprint density at radius 2 is 1.61 bits per heavy atom. The van der Waals surface area contributed by atoms with Gasteiger partial charge in [0.1, 0.15) is 6.10 Å². The molecule has 0 bridgehead atoms. The lowest BCUT2D eigenvalue weighted by molar-refractivity contribution is -0.235. The van der Waals surface area contributed by atoms with Gasteiger partial charge in [-0.05, 0) is 142 Å². The highest BCUT2D eigenvalue weighted by Crippen LogP contribution is 2.77. The van der Waals surface area contributed by atoms with E-state index >= 15 is 0 Å². The van der Waals surface area contributed by atoms with Crippen molar-refractivity contribution in [3.05, 3.63) is 41.2 Å². The molecule has 0 saturated heterocycles. The predicted octanol–water partition coefficient (Wildman–Crippen LogP) is 8.20. The van der Waals surface area contributed by atoms with Gasteiger partial charge in [-0.1, -0.05) is 54.0 Å². The molecule has 1 aromatic heterocycles. The highest BCUT2D eigenvalue weighted by atomic mass is 16.5. The number of carbonyl (C=O) groups is 3. The number of hydrogen-bond acceptors (Lipinski definition) is 8. The summed E-state index contributed by atoms with van der Waals surface area (Å²) < 4.78 is 6.19. The van der Waals surface area contributed by atoms with Gasteiger partial charge in [-0.25, -0.2) is 0 Å². The Bertz CT molecular complexity index is 1690. The van der Waals surface area contributed by atoms with Crippen LogP contribution in [-0.4, -0.2) is 88.7 Å². The molecule has 0 aromatic carbocycles. The van der Waals surface area contributed by atoms with Crippen LogP contribution >= 0.6 is 0 Å². The van der Waals surface area contributed by atoms with E-state index in [0.717, 1.165) is 76.6 Å². The fourth-order valence-corrected chi connectivity index (χ4v) is 13.7. The summed E-state index contributed by atoms with van der Waals surface area (Å²) in [6, 6.07) is 4.11. The minimum absolute atomic E-state index is 0.0231. The Kier molecular flexibility index (Phi) is 11.7. The molecule has 1 heterocycles. The number of esters is 1. The van der Waals surface area contributed by atoms with Gasteiger partial charge in [0.25, 0.3) is 0 Å². The summed E-state index contributed by atoms with van der Waals surface area (Å²) in [6.45, 7) is 22.7. The van der Waals surface area contributed by atoms with Gasteiger partial charge in [0.2, 0.25) is 0 Å². The summed E-state index contributed by atoms with van der Waals surface area (Å²) >= 11 is 0. The van der Waals surface area contributed by atoms with Crippen LogP contribution in [0.4, 0.5) is 0 Å². The van der Waals surface area contributed by atoms with Crippen molar-refractivity contribution in [1.82, 2.24) is 14.8 Å². The Morgan fingerprint density at radius 3 is 2.23 bits per heavy atom. The zero-order valence-corrected chi connectivity index (χ0v) is 36.5. The molecule has 0 aliphatic heterocycles. The number of hydrogen-bond donors (Lipinski definition) is 2. The minimum Gasteiger partial charge on any atom is -0.481 e. The largest absolute Gasteiger partial charge is 0.481 e. The lowest BCUT2D eigenvalue weighted by atomic mass is 9.33. The topological polar surface area (TPSA) is 120 Å². The summed E-state index contributed by atoms with van der Waals surface area (Å²) in [6.07, 6.45) is 10.9. The Hall–Kier alpha value is -2.62. The molecule has 9 atom stereocenters. The average molecular weight is 776 g/mol. The number of carboxylic acids is 1. The zero-order valence-electron chi connectivity index (χ0n) is 36.5. The molecule has 0 amide bonds. The van der Waals surface area contributed by atoms with E-state index in [2.05, 4.69) is 89.5 Å². The molecule has 0 spiro atoms. The number of aromatic nitrogens is 1. The average Bonchev–Trinajstić information content (AvgIpc) is 3.42. The summed E-state index contributed by atoms with van der Waals surface area (Å²) in [5.41, 5.74) is 1.61. The summed E-state index contributed by atoms with van der Waals surface area (Å²) in [5, 5.41) is 22.3. The number of carboxylic acid groups (broad SMARTS) is 1. The van der Waals surface area contributed by atoms with Gasteiger partial charge in [0.15, 0.2) is 5.78 Å². The standard InChI is InChI=1S/C47H73N3O6/c1-30(2)39-33(51)26-47(36(52)29-50(25-24-49(10)11)28-31-16-22-48-23-17-31)21-20-45(8)32(40(39)47)12-13-35-44(7)18-15-37(56-38(53)27-42(3,4)41(54)55)43(5,6)34(44)14-19-46(35,45)9/h16-17,22-23,30,32,34-37,52H,12-15,18-21,24-29H2,1-11H3,(H,54,55)/t32-,34+,35-,36+,37+,44+,45-,46-,47+/m1/s1. The van der Waals surface area contributed by atoms with Crippen LogP contribution in [0.5, 0.6) is 0 Å². The second-order valence-electron chi connectivity index (χ2n) is 21.5. The molecule has 9 heteroatoms. The maximum atomic E-state index is 14.3. The fraction of sp³-hybridized carbons (Fsp3) is 0.787. The number of ether oxygens (including phenoxy) is 1. The molecule has 4 fully saturated rings. The van der Waals surface area contributed by atoms with Crippen molar-refractivity contribution in [3.8, 4) is 0 Å². The van der Waals surface area contributed by atoms with Gasteiger partial charge in [0, 0.05) is 55.8 Å². The number of carbonyl (C=O) groups excluding carboxylic acids is 2. The summed E-state index contributed by atoms with van der Waals surface area (Å²) in [4.78, 5) is 48.0. The number of ketones is 1. The number of aliphatic carboxylic acids is 1. The van der Waals surface area contributed by atoms with E-state index < -0.39 is 28.9 Å². The normalized spacial score (nSPS) is 35.9. The Morgan fingerprint density at radius 1 is 0.929 bits per heavy atom. The van der Waals surface area contributed by atoms with Crippen LogP contribution in [-0.2, 0) is 25.7 Å². The minimum atomic E-state index is -1.17. The van der Waals surface area contributed by atoms with E-state index in [4.69, 9.17) is 4.74 Å². The predicted molar refractivity (Wildman–Crippen MR) is 219 cm³/mol. The van der Waals surface area contributed by atoms with E-state index in [-0.39, 0.29) is 51.8 Å². The first kappa shape index (κ1) is 43.0. The molecule has 0 unspecified atom stereocenters. The number of aliphatic hydroxyl groups is 1. The number of pyridine rings is 1. The third-order valence-corrected chi connectivity index (χ3v) is 17.0. The van der Waals surface area contributed by atoms with Gasteiger partial charge in [0.05, 0.1) is 17.9 Å². The quantitative estimate of drug-likeness (QED) is 0.191. The van der Waals surface area contributed by atoms with Crippen LogP contribution in [0.1, 0.15) is 132 Å². The van der Waals surface area contributed by atoms with Gasteiger partial charge in [-0.3, -0.25) is 24.3 Å². The van der Waals surface area contributed by atoms with E-state index in [0.29, 0.717) is 24.8 Å². The van der Waals surface area contributed by atoms with Crippen LogP contribution in [0.15, 0.2) is 35.7 Å². The molecule has 0 radical (unpaired) electrons. The second kappa shape index (κ2) is 15.2. The molecule has 312 valence electrons. The molecule has 1 aromatic rings. The lowest BCUT2D eigenvalue weighted by Gasteiger charge is -2.72. The molecule has 5 aliphatic carbocycles. The monoisotopic (exact) mass is 776 g/mol. The number of likely N-dealkylation sites (N-methyl/N-ethyl adjacent to an activating group) is 1. The SMILES string of the molecule is CC(C)C1=C2[C@H]3CC[C@@H]4[C@@]5(C)CC[C@H](OC(=O)CC(C)(C)C(=O)O)C(C)(C)[C@@H]5CC[C@@]4(C)[C@]3(C)CC[C@@]2([C@@H](O)CN(CCN(C)C)Cc2ccncc2)CC1=O. The number of nitrogens with zero attached hydrogens (tertiary/aromatic N) is 3. The fourth-order valence-electron chi connectivity index (χ4n) is 13.7.